The maximum Gasteiger partial charge on any atom is 0.276 e. The van der Waals surface area contributed by atoms with Gasteiger partial charge in [0.1, 0.15) is 0 Å². The van der Waals surface area contributed by atoms with Crippen molar-refractivity contribution >= 4 is 43.7 Å². The van der Waals surface area contributed by atoms with Gasteiger partial charge < -0.3 is 0 Å². The van der Waals surface area contributed by atoms with Gasteiger partial charge in [-0.1, -0.05) is 17.7 Å². The Labute approximate surface area is 123 Å². The van der Waals surface area contributed by atoms with Gasteiger partial charge in [-0.05, 0) is 52.6 Å². The van der Waals surface area contributed by atoms with Gasteiger partial charge in [0.05, 0.1) is 20.6 Å². The average Bonchev–Trinajstić information content (AvgIpc) is 2.75. The van der Waals surface area contributed by atoms with E-state index in [1.165, 1.54) is 29.9 Å². The highest BCUT2D eigenvalue weighted by Crippen LogP contribution is 2.15. The Balaban J connectivity index is 2.09. The van der Waals surface area contributed by atoms with Crippen LogP contribution in [0, 0.1) is 6.92 Å². The quantitative estimate of drug-likeness (QED) is 0.673. The second-order valence-corrected chi connectivity index (χ2v) is 7.57. The van der Waals surface area contributed by atoms with Crippen LogP contribution in [-0.4, -0.2) is 19.0 Å². The summed E-state index contributed by atoms with van der Waals surface area (Å²) in [5.74, 6) is 0. The van der Waals surface area contributed by atoms with Crippen molar-refractivity contribution in [1.29, 1.82) is 0 Å². The molecule has 19 heavy (non-hydrogen) atoms. The van der Waals surface area contributed by atoms with Crippen molar-refractivity contribution in [3.8, 4) is 0 Å². The smallest absolute Gasteiger partial charge is 0.200 e. The third kappa shape index (κ3) is 3.85. The summed E-state index contributed by atoms with van der Waals surface area (Å²) in [4.78, 5) is 2.32. The predicted octanol–water partition coefficient (Wildman–Crippen LogP) is 2.53. The van der Waals surface area contributed by atoms with Crippen molar-refractivity contribution in [3.05, 3.63) is 45.4 Å². The van der Waals surface area contributed by atoms with Crippen molar-refractivity contribution in [3.63, 3.8) is 0 Å². The zero-order chi connectivity index (χ0) is 13.9. The first kappa shape index (κ1) is 14.2. The molecule has 0 saturated heterocycles. The molecule has 2 aromatic rings. The van der Waals surface area contributed by atoms with Crippen molar-refractivity contribution in [1.82, 2.24) is 9.20 Å². The number of hydrogen-bond donors (Lipinski definition) is 1. The molecule has 100 valence electrons. The van der Waals surface area contributed by atoms with Crippen LogP contribution in [0.4, 0.5) is 0 Å². The van der Waals surface area contributed by atoms with E-state index in [-0.39, 0.29) is 4.90 Å². The fourth-order valence-corrected chi connectivity index (χ4v) is 2.97. The predicted molar refractivity (Wildman–Crippen MR) is 78.9 cm³/mol. The standard InChI is InChI=1S/C11H10BrN3O2S2/c1-8-2-4-10(5-3-8)19(16,17)15-13-7-9-6-11(12)18-14-9/h2-7,15H,1H3/b13-7+. The molecular formula is C11H10BrN3O2S2. The van der Waals surface area contributed by atoms with Crippen LogP contribution in [0.2, 0.25) is 0 Å². The first-order chi connectivity index (χ1) is 8.97. The van der Waals surface area contributed by atoms with Crippen LogP contribution in [0.15, 0.2) is 44.1 Å². The first-order valence-corrected chi connectivity index (χ1v) is 8.26. The van der Waals surface area contributed by atoms with Crippen LogP contribution >= 0.6 is 27.5 Å². The molecule has 0 aliphatic rings. The highest BCUT2D eigenvalue weighted by Gasteiger charge is 2.11. The van der Waals surface area contributed by atoms with Crippen LogP contribution in [0.5, 0.6) is 0 Å². The summed E-state index contributed by atoms with van der Waals surface area (Å²) in [7, 11) is -3.62. The number of hydrazone groups is 1. The van der Waals surface area contributed by atoms with E-state index in [1.54, 1.807) is 18.2 Å². The molecule has 0 bridgehead atoms. The number of nitrogens with one attached hydrogen (secondary N) is 1. The lowest BCUT2D eigenvalue weighted by Crippen LogP contribution is -2.18. The summed E-state index contributed by atoms with van der Waals surface area (Å²) < 4.78 is 28.7. The number of halogens is 1. The maximum atomic E-state index is 11.9. The fraction of sp³-hybridized carbons (Fsp3) is 0.0909. The van der Waals surface area contributed by atoms with E-state index in [2.05, 4.69) is 30.2 Å². The number of nitrogens with zero attached hydrogens (tertiary/aromatic N) is 2. The van der Waals surface area contributed by atoms with E-state index < -0.39 is 10.0 Å². The SMILES string of the molecule is Cc1ccc(S(=O)(=O)N/N=C/c2cc(Br)sn2)cc1. The Hall–Kier alpha value is -1.25. The largest absolute Gasteiger partial charge is 0.276 e. The second kappa shape index (κ2) is 5.81. The van der Waals surface area contributed by atoms with Gasteiger partial charge in [-0.15, -0.1) is 0 Å². The highest BCUT2D eigenvalue weighted by atomic mass is 79.9. The summed E-state index contributed by atoms with van der Waals surface area (Å²) >= 11 is 4.52. The number of benzene rings is 1. The van der Waals surface area contributed by atoms with Crippen LogP contribution in [0.1, 0.15) is 11.3 Å². The molecule has 0 unspecified atom stereocenters. The van der Waals surface area contributed by atoms with Crippen LogP contribution in [0.25, 0.3) is 0 Å². The van der Waals surface area contributed by atoms with E-state index in [1.807, 2.05) is 6.92 Å². The van der Waals surface area contributed by atoms with Gasteiger partial charge >= 0.3 is 0 Å². The molecular weight excluding hydrogens is 350 g/mol. The third-order valence-electron chi connectivity index (χ3n) is 2.20. The molecule has 5 nitrogen and oxygen atoms in total. The summed E-state index contributed by atoms with van der Waals surface area (Å²) in [5, 5.41) is 3.69. The number of hydrogen-bond acceptors (Lipinski definition) is 5. The minimum absolute atomic E-state index is 0.176. The number of aryl methyl sites for hydroxylation is 1. The van der Waals surface area contributed by atoms with Crippen molar-refractivity contribution in [2.24, 2.45) is 5.10 Å². The minimum Gasteiger partial charge on any atom is -0.200 e. The van der Waals surface area contributed by atoms with Gasteiger partial charge in [-0.2, -0.15) is 17.9 Å². The molecule has 0 aliphatic heterocycles. The Morgan fingerprint density at radius 2 is 2.05 bits per heavy atom. The van der Waals surface area contributed by atoms with E-state index in [9.17, 15) is 8.42 Å². The van der Waals surface area contributed by atoms with Crippen molar-refractivity contribution in [2.75, 3.05) is 0 Å². The lowest BCUT2D eigenvalue weighted by Gasteiger charge is -2.02. The van der Waals surface area contributed by atoms with Gasteiger partial charge in [0.15, 0.2) is 0 Å². The fourth-order valence-electron chi connectivity index (χ4n) is 1.26. The molecule has 0 aliphatic carbocycles. The topological polar surface area (TPSA) is 71.4 Å². The minimum atomic E-state index is -3.62. The van der Waals surface area contributed by atoms with Crippen LogP contribution in [0.3, 0.4) is 0 Å². The highest BCUT2D eigenvalue weighted by molar-refractivity contribution is 9.11. The Bertz CT molecular complexity index is 693. The normalized spacial score (nSPS) is 11.9. The Morgan fingerprint density at radius 3 is 2.63 bits per heavy atom. The lowest BCUT2D eigenvalue weighted by atomic mass is 10.2. The molecule has 0 atom stereocenters. The molecule has 1 N–H and O–H groups in total. The third-order valence-corrected chi connectivity index (χ3v) is 4.70. The summed E-state index contributed by atoms with van der Waals surface area (Å²) in [5.41, 5.74) is 1.58. The zero-order valence-corrected chi connectivity index (χ0v) is 13.1. The molecule has 1 aromatic heterocycles. The average molecular weight is 360 g/mol. The number of aromatic nitrogens is 1. The van der Waals surface area contributed by atoms with Gasteiger partial charge in [-0.25, -0.2) is 4.83 Å². The number of sulfonamides is 1. The van der Waals surface area contributed by atoms with Gasteiger partial charge in [0.25, 0.3) is 10.0 Å². The van der Waals surface area contributed by atoms with Crippen LogP contribution < -0.4 is 4.83 Å². The Kier molecular flexibility index (Phi) is 4.33. The molecule has 0 spiro atoms. The van der Waals surface area contributed by atoms with Crippen LogP contribution in [-0.2, 0) is 10.0 Å². The van der Waals surface area contributed by atoms with Gasteiger partial charge in [0.2, 0.25) is 0 Å². The molecule has 1 heterocycles. The van der Waals surface area contributed by atoms with E-state index >= 15 is 0 Å². The van der Waals surface area contributed by atoms with E-state index in [4.69, 9.17) is 0 Å². The summed E-state index contributed by atoms with van der Waals surface area (Å²) in [6, 6.07) is 8.28. The number of rotatable bonds is 4. The molecule has 2 rings (SSSR count). The monoisotopic (exact) mass is 359 g/mol. The molecule has 8 heteroatoms. The van der Waals surface area contributed by atoms with Crippen molar-refractivity contribution in [2.45, 2.75) is 11.8 Å². The van der Waals surface area contributed by atoms with Gasteiger partial charge in [-0.3, -0.25) is 0 Å². The van der Waals surface area contributed by atoms with Crippen molar-refractivity contribution < 1.29 is 8.42 Å². The lowest BCUT2D eigenvalue weighted by molar-refractivity contribution is 0.584. The maximum absolute atomic E-state index is 11.9. The summed E-state index contributed by atoms with van der Waals surface area (Å²) in [6.45, 7) is 1.89. The first-order valence-electron chi connectivity index (χ1n) is 5.21. The Morgan fingerprint density at radius 1 is 1.37 bits per heavy atom. The molecule has 0 fully saturated rings. The molecule has 0 saturated carbocycles. The second-order valence-electron chi connectivity index (χ2n) is 3.72. The zero-order valence-electron chi connectivity index (χ0n) is 9.87. The van der Waals surface area contributed by atoms with E-state index in [0.29, 0.717) is 5.69 Å². The molecule has 0 radical (unpaired) electrons. The molecule has 1 aromatic carbocycles. The van der Waals surface area contributed by atoms with Gasteiger partial charge in [0, 0.05) is 0 Å². The summed E-state index contributed by atoms with van der Waals surface area (Å²) in [6.07, 6.45) is 1.35. The van der Waals surface area contributed by atoms with E-state index in [0.717, 1.165) is 9.35 Å². The molecule has 0 amide bonds.